The normalized spacial score (nSPS) is 10.8. The lowest BCUT2D eigenvalue weighted by Gasteiger charge is -2.05. The number of nitrogens with zero attached hydrogens (tertiary/aromatic N) is 4. The van der Waals surface area contributed by atoms with Gasteiger partial charge in [0.15, 0.2) is 5.82 Å². The molecular weight excluding hydrogens is 242 g/mol. The summed E-state index contributed by atoms with van der Waals surface area (Å²) in [7, 11) is 0. The minimum absolute atomic E-state index is 0.166. The van der Waals surface area contributed by atoms with E-state index in [0.29, 0.717) is 5.82 Å². The van der Waals surface area contributed by atoms with Crippen LogP contribution in [0.2, 0.25) is 0 Å². The number of hydrogen-bond acceptors (Lipinski definition) is 4. The van der Waals surface area contributed by atoms with E-state index >= 15 is 0 Å². The average Bonchev–Trinajstić information content (AvgIpc) is 2.86. The van der Waals surface area contributed by atoms with Crippen molar-refractivity contribution in [3.63, 3.8) is 0 Å². The molecule has 0 bridgehead atoms. The molecule has 1 aromatic carbocycles. The summed E-state index contributed by atoms with van der Waals surface area (Å²) in [5, 5.41) is 14.2. The van der Waals surface area contributed by atoms with Crippen molar-refractivity contribution >= 4 is 5.91 Å². The topological polar surface area (TPSA) is 72.7 Å². The Bertz CT molecular complexity index is 585. The summed E-state index contributed by atoms with van der Waals surface area (Å²) in [6.07, 6.45) is 3.14. The zero-order chi connectivity index (χ0) is 13.7. The first-order valence-electron chi connectivity index (χ1n) is 5.95. The van der Waals surface area contributed by atoms with Crippen LogP contribution in [0.15, 0.2) is 36.4 Å². The lowest BCUT2D eigenvalue weighted by atomic mass is 10.2. The van der Waals surface area contributed by atoms with Crippen molar-refractivity contribution < 1.29 is 4.79 Å². The predicted octanol–water partition coefficient (Wildman–Crippen LogP) is 1.16. The molecule has 2 rings (SSSR count). The molecule has 1 heterocycles. The number of aryl methyl sites for hydroxylation is 1. The van der Waals surface area contributed by atoms with Gasteiger partial charge in [-0.15, -0.1) is 5.10 Å². The van der Waals surface area contributed by atoms with Gasteiger partial charge in [0.25, 0.3) is 0 Å². The van der Waals surface area contributed by atoms with Crippen LogP contribution in [0.3, 0.4) is 0 Å². The predicted molar refractivity (Wildman–Crippen MR) is 70.6 cm³/mol. The fourth-order valence-electron chi connectivity index (χ4n) is 1.58. The number of amides is 1. The number of benzene rings is 1. The smallest absolute Gasteiger partial charge is 0.244 e. The molecule has 0 aliphatic carbocycles. The van der Waals surface area contributed by atoms with Crippen LogP contribution in [-0.4, -0.2) is 26.1 Å². The highest BCUT2D eigenvalue weighted by Crippen LogP contribution is 2.09. The van der Waals surface area contributed by atoms with Crippen LogP contribution < -0.4 is 5.32 Å². The Morgan fingerprint density at radius 3 is 2.79 bits per heavy atom. The van der Waals surface area contributed by atoms with Gasteiger partial charge >= 0.3 is 0 Å². The number of hydrogen-bond donors (Lipinski definition) is 1. The lowest BCUT2D eigenvalue weighted by molar-refractivity contribution is -0.116. The first-order valence-corrected chi connectivity index (χ1v) is 5.95. The Morgan fingerprint density at radius 2 is 2.11 bits per heavy atom. The van der Waals surface area contributed by atoms with Gasteiger partial charge in [-0.05, 0) is 42.5 Å². The van der Waals surface area contributed by atoms with Crippen LogP contribution in [0.4, 0.5) is 0 Å². The molecule has 98 valence electrons. The van der Waals surface area contributed by atoms with Crippen molar-refractivity contribution in [1.29, 1.82) is 0 Å². The van der Waals surface area contributed by atoms with Crippen LogP contribution in [0, 0.1) is 6.92 Å². The summed E-state index contributed by atoms with van der Waals surface area (Å²) >= 11 is 0. The largest absolute Gasteiger partial charge is 0.345 e. The summed E-state index contributed by atoms with van der Waals surface area (Å²) < 4.78 is 1.61. The number of carbonyl (C=O) groups is 1. The molecule has 0 radical (unpaired) electrons. The number of rotatable bonds is 4. The molecule has 0 unspecified atom stereocenters. The Labute approximate surface area is 111 Å². The van der Waals surface area contributed by atoms with Gasteiger partial charge in [-0.2, -0.15) is 4.68 Å². The molecule has 0 saturated carbocycles. The van der Waals surface area contributed by atoms with Crippen molar-refractivity contribution in [1.82, 2.24) is 25.5 Å². The molecule has 1 N–H and O–H groups in total. The average molecular weight is 257 g/mol. The van der Waals surface area contributed by atoms with Crippen LogP contribution in [0.25, 0.3) is 5.69 Å². The van der Waals surface area contributed by atoms with Gasteiger partial charge in [0.05, 0.1) is 12.2 Å². The summed E-state index contributed by atoms with van der Waals surface area (Å²) in [5.74, 6) is 0.419. The van der Waals surface area contributed by atoms with Crippen LogP contribution in [-0.2, 0) is 11.3 Å². The second kappa shape index (κ2) is 5.90. The molecule has 1 aromatic heterocycles. The molecule has 0 atom stereocenters. The molecule has 0 saturated heterocycles. The van der Waals surface area contributed by atoms with E-state index < -0.39 is 0 Å². The number of allylic oxidation sites excluding steroid dienone is 1. The van der Waals surface area contributed by atoms with Gasteiger partial charge in [0.1, 0.15) is 0 Å². The number of carbonyl (C=O) groups excluding carboxylic acids is 1. The fourth-order valence-corrected chi connectivity index (χ4v) is 1.58. The van der Waals surface area contributed by atoms with Gasteiger partial charge in [0, 0.05) is 0 Å². The molecule has 19 heavy (non-hydrogen) atoms. The third-order valence-electron chi connectivity index (χ3n) is 2.55. The van der Waals surface area contributed by atoms with Gasteiger partial charge in [-0.25, -0.2) is 0 Å². The Kier molecular flexibility index (Phi) is 4.02. The molecule has 2 aromatic rings. The quantitative estimate of drug-likeness (QED) is 0.834. The minimum atomic E-state index is -0.166. The minimum Gasteiger partial charge on any atom is -0.345 e. The third-order valence-corrected chi connectivity index (χ3v) is 2.55. The highest BCUT2D eigenvalue weighted by Gasteiger charge is 2.08. The van der Waals surface area contributed by atoms with Crippen molar-refractivity contribution in [3.05, 3.63) is 47.8 Å². The van der Waals surface area contributed by atoms with E-state index in [1.165, 1.54) is 11.6 Å². The maximum absolute atomic E-state index is 11.4. The number of tetrazole rings is 1. The molecule has 0 fully saturated rings. The Balaban J connectivity index is 2.13. The standard InChI is InChI=1S/C13H15N5O/c1-3-4-13(19)14-9-12-15-16-17-18(12)11-7-5-10(2)6-8-11/h3-8H,9H2,1-2H3,(H,14,19)/b4-3-. The second-order valence-electron chi connectivity index (χ2n) is 4.06. The molecule has 0 aliphatic rings. The van der Waals surface area contributed by atoms with E-state index in [-0.39, 0.29) is 12.5 Å². The maximum atomic E-state index is 11.4. The second-order valence-corrected chi connectivity index (χ2v) is 4.06. The first-order chi connectivity index (χ1) is 9.20. The first kappa shape index (κ1) is 12.9. The number of nitrogens with one attached hydrogen (secondary N) is 1. The molecule has 0 spiro atoms. The molecule has 1 amide bonds. The van der Waals surface area contributed by atoms with Crippen molar-refractivity contribution in [3.8, 4) is 5.69 Å². The van der Waals surface area contributed by atoms with E-state index in [4.69, 9.17) is 0 Å². The van der Waals surface area contributed by atoms with E-state index in [1.807, 2.05) is 31.2 Å². The van der Waals surface area contributed by atoms with Crippen LogP contribution in [0.1, 0.15) is 18.3 Å². The molecule has 0 aliphatic heterocycles. The Morgan fingerprint density at radius 1 is 1.37 bits per heavy atom. The zero-order valence-corrected chi connectivity index (χ0v) is 10.9. The third kappa shape index (κ3) is 3.25. The fraction of sp³-hybridized carbons (Fsp3) is 0.231. The highest BCUT2D eigenvalue weighted by molar-refractivity contribution is 5.87. The summed E-state index contributed by atoms with van der Waals surface area (Å²) in [6, 6.07) is 7.84. The molecule has 6 heteroatoms. The summed E-state index contributed by atoms with van der Waals surface area (Å²) in [5.41, 5.74) is 2.03. The van der Waals surface area contributed by atoms with Gasteiger partial charge in [-0.1, -0.05) is 23.8 Å². The zero-order valence-electron chi connectivity index (χ0n) is 10.9. The van der Waals surface area contributed by atoms with E-state index in [0.717, 1.165) is 5.69 Å². The van der Waals surface area contributed by atoms with E-state index in [9.17, 15) is 4.79 Å². The summed E-state index contributed by atoms with van der Waals surface area (Å²) in [4.78, 5) is 11.4. The van der Waals surface area contributed by atoms with Crippen LogP contribution in [0.5, 0.6) is 0 Å². The van der Waals surface area contributed by atoms with E-state index in [2.05, 4.69) is 20.8 Å². The van der Waals surface area contributed by atoms with Gasteiger partial charge < -0.3 is 5.32 Å². The van der Waals surface area contributed by atoms with Gasteiger partial charge in [-0.3, -0.25) is 4.79 Å². The molecular formula is C13H15N5O. The Hall–Kier alpha value is -2.50. The van der Waals surface area contributed by atoms with Crippen molar-refractivity contribution in [2.45, 2.75) is 20.4 Å². The van der Waals surface area contributed by atoms with Gasteiger partial charge in [0.2, 0.25) is 5.91 Å². The monoisotopic (exact) mass is 257 g/mol. The summed E-state index contributed by atoms with van der Waals surface area (Å²) in [6.45, 7) is 4.08. The van der Waals surface area contributed by atoms with Crippen molar-refractivity contribution in [2.24, 2.45) is 0 Å². The SMILES string of the molecule is C/C=C\C(=O)NCc1nnnn1-c1ccc(C)cc1. The number of aromatic nitrogens is 4. The lowest BCUT2D eigenvalue weighted by Crippen LogP contribution is -2.22. The maximum Gasteiger partial charge on any atom is 0.244 e. The molecule has 6 nitrogen and oxygen atoms in total. The van der Waals surface area contributed by atoms with E-state index in [1.54, 1.807) is 17.7 Å². The van der Waals surface area contributed by atoms with Crippen LogP contribution >= 0.6 is 0 Å². The highest BCUT2D eigenvalue weighted by atomic mass is 16.1. The van der Waals surface area contributed by atoms with Crippen molar-refractivity contribution in [2.75, 3.05) is 0 Å².